The van der Waals surface area contributed by atoms with Crippen LogP contribution < -0.4 is 9.64 Å². The molecule has 2 amide bonds. The smallest absolute Gasteiger partial charge is 0.237 e. The first-order chi connectivity index (χ1) is 13.1. The van der Waals surface area contributed by atoms with Crippen molar-refractivity contribution >= 4 is 17.5 Å². The Labute approximate surface area is 157 Å². The predicted octanol–water partition coefficient (Wildman–Crippen LogP) is 3.91. The summed E-state index contributed by atoms with van der Waals surface area (Å²) in [6, 6.07) is 10.9. The lowest BCUT2D eigenvalue weighted by Crippen LogP contribution is -2.30. The quantitative estimate of drug-likeness (QED) is 0.754. The maximum absolute atomic E-state index is 12.3. The number of hydrogen-bond acceptors (Lipinski definition) is 5. The average Bonchev–Trinajstić information content (AvgIpc) is 3.48. The molecular weight excluding hydrogens is 342 g/mol. The van der Waals surface area contributed by atoms with Crippen LogP contribution >= 0.6 is 0 Å². The Bertz CT molecular complexity index is 942. The minimum Gasteiger partial charge on any atom is -0.439 e. The van der Waals surface area contributed by atoms with Crippen molar-refractivity contribution in [3.05, 3.63) is 47.7 Å². The van der Waals surface area contributed by atoms with Gasteiger partial charge in [0.1, 0.15) is 5.75 Å². The molecule has 136 valence electrons. The summed E-state index contributed by atoms with van der Waals surface area (Å²) in [7, 11) is 0. The molecular formula is C21H19N3O3. The van der Waals surface area contributed by atoms with Crippen LogP contribution in [-0.2, 0) is 9.59 Å². The topological polar surface area (TPSA) is 83.3 Å². The molecule has 0 N–H and O–H groups in total. The Morgan fingerprint density at radius 3 is 2.67 bits per heavy atom. The number of pyridine rings is 1. The minimum atomic E-state index is -0.243. The van der Waals surface area contributed by atoms with Crippen molar-refractivity contribution in [3.63, 3.8) is 0 Å². The van der Waals surface area contributed by atoms with Gasteiger partial charge >= 0.3 is 0 Å². The predicted molar refractivity (Wildman–Crippen MR) is 98.3 cm³/mol. The second kappa shape index (κ2) is 6.84. The summed E-state index contributed by atoms with van der Waals surface area (Å²) < 4.78 is 5.80. The van der Waals surface area contributed by atoms with E-state index in [9.17, 15) is 14.9 Å². The molecule has 1 saturated carbocycles. The van der Waals surface area contributed by atoms with E-state index in [0.29, 0.717) is 35.2 Å². The van der Waals surface area contributed by atoms with Crippen LogP contribution in [0.1, 0.15) is 49.7 Å². The number of anilines is 1. The van der Waals surface area contributed by atoms with Crippen LogP contribution in [0.2, 0.25) is 0 Å². The van der Waals surface area contributed by atoms with Gasteiger partial charge in [-0.1, -0.05) is 6.92 Å². The van der Waals surface area contributed by atoms with Gasteiger partial charge in [-0.15, -0.1) is 0 Å². The molecule has 6 heteroatoms. The number of imide groups is 1. The zero-order chi connectivity index (χ0) is 19.0. The largest absolute Gasteiger partial charge is 0.439 e. The summed E-state index contributed by atoms with van der Waals surface area (Å²) in [6.07, 6.45) is 4.58. The highest BCUT2D eigenvalue weighted by molar-refractivity contribution is 6.20. The van der Waals surface area contributed by atoms with E-state index in [1.807, 2.05) is 13.0 Å². The summed E-state index contributed by atoms with van der Waals surface area (Å²) in [5.41, 5.74) is 2.17. The molecule has 1 aromatic carbocycles. The molecule has 0 spiro atoms. The van der Waals surface area contributed by atoms with E-state index < -0.39 is 0 Å². The summed E-state index contributed by atoms with van der Waals surface area (Å²) in [4.78, 5) is 29.9. The van der Waals surface area contributed by atoms with Crippen LogP contribution in [0, 0.1) is 17.2 Å². The molecule has 2 fully saturated rings. The zero-order valence-electron chi connectivity index (χ0n) is 15.0. The highest BCUT2D eigenvalue weighted by atomic mass is 16.5. The van der Waals surface area contributed by atoms with Crippen LogP contribution in [-0.4, -0.2) is 16.8 Å². The standard InChI is InChI=1S/C21H19N3O3/c1-2-13-9-20(25)24(21(13)26)16-6-8-19(23-12-16)27-17-7-5-15(11-22)18(10-17)14-3-4-14/h5-8,10,12-14H,2-4,9H2,1H3/t13-/m0/s1. The Morgan fingerprint density at radius 2 is 2.07 bits per heavy atom. The van der Waals surface area contributed by atoms with Crippen molar-refractivity contribution in [3.8, 4) is 17.7 Å². The minimum absolute atomic E-state index is 0.167. The SMILES string of the molecule is CC[C@H]1CC(=O)N(c2ccc(Oc3ccc(C#N)c(C4CC4)c3)nc2)C1=O. The molecule has 2 heterocycles. The highest BCUT2D eigenvalue weighted by Crippen LogP contribution is 2.43. The maximum atomic E-state index is 12.3. The summed E-state index contributed by atoms with van der Waals surface area (Å²) in [5.74, 6) is 0.833. The van der Waals surface area contributed by atoms with Crippen molar-refractivity contribution < 1.29 is 14.3 Å². The molecule has 1 aromatic heterocycles. The van der Waals surface area contributed by atoms with Gasteiger partial charge in [0.25, 0.3) is 0 Å². The number of amides is 2. The normalized spacial score (nSPS) is 19.3. The fourth-order valence-corrected chi connectivity index (χ4v) is 3.41. The molecule has 4 rings (SSSR count). The number of rotatable bonds is 5. The molecule has 1 aliphatic carbocycles. The molecule has 0 unspecified atom stereocenters. The van der Waals surface area contributed by atoms with E-state index >= 15 is 0 Å². The first-order valence-corrected chi connectivity index (χ1v) is 9.15. The number of carbonyl (C=O) groups excluding carboxylic acids is 2. The van der Waals surface area contributed by atoms with Crippen LogP contribution in [0.5, 0.6) is 11.6 Å². The van der Waals surface area contributed by atoms with Crippen molar-refractivity contribution in [2.75, 3.05) is 4.90 Å². The van der Waals surface area contributed by atoms with Crippen molar-refractivity contribution in [1.82, 2.24) is 4.98 Å². The Balaban J connectivity index is 1.52. The van der Waals surface area contributed by atoms with Crippen molar-refractivity contribution in [1.29, 1.82) is 5.26 Å². The van der Waals surface area contributed by atoms with Crippen LogP contribution in [0.4, 0.5) is 5.69 Å². The number of hydrogen-bond donors (Lipinski definition) is 0. The summed E-state index contributed by atoms with van der Waals surface area (Å²) in [6.45, 7) is 1.90. The van der Waals surface area contributed by atoms with Gasteiger partial charge in [-0.3, -0.25) is 9.59 Å². The van der Waals surface area contributed by atoms with Gasteiger partial charge < -0.3 is 4.74 Å². The van der Waals surface area contributed by atoms with E-state index in [4.69, 9.17) is 4.74 Å². The highest BCUT2D eigenvalue weighted by Gasteiger charge is 2.38. The van der Waals surface area contributed by atoms with Gasteiger partial charge in [-0.2, -0.15) is 5.26 Å². The van der Waals surface area contributed by atoms with Gasteiger partial charge in [0, 0.05) is 18.4 Å². The maximum Gasteiger partial charge on any atom is 0.237 e. The summed E-state index contributed by atoms with van der Waals surface area (Å²) >= 11 is 0. The molecule has 6 nitrogen and oxygen atoms in total. The number of nitrogens with zero attached hydrogens (tertiary/aromatic N) is 3. The van der Waals surface area contributed by atoms with Gasteiger partial charge in [0.05, 0.1) is 23.5 Å². The lowest BCUT2D eigenvalue weighted by molar-refractivity contribution is -0.122. The second-order valence-electron chi connectivity index (χ2n) is 6.97. The van der Waals surface area contributed by atoms with Gasteiger partial charge in [0.2, 0.25) is 17.7 Å². The van der Waals surface area contributed by atoms with E-state index in [1.54, 1.807) is 24.3 Å². The Hall–Kier alpha value is -3.20. The molecule has 0 radical (unpaired) electrons. The lowest BCUT2D eigenvalue weighted by atomic mass is 10.0. The molecule has 1 atom stereocenters. The number of benzene rings is 1. The molecule has 2 aliphatic rings. The van der Waals surface area contributed by atoms with Crippen molar-refractivity contribution in [2.45, 2.75) is 38.5 Å². The molecule has 1 saturated heterocycles. The van der Waals surface area contributed by atoms with E-state index in [0.717, 1.165) is 18.4 Å². The molecule has 1 aliphatic heterocycles. The summed E-state index contributed by atoms with van der Waals surface area (Å²) in [5, 5.41) is 9.23. The van der Waals surface area contributed by atoms with Crippen LogP contribution in [0.25, 0.3) is 0 Å². The Kier molecular flexibility index (Phi) is 4.36. The lowest BCUT2D eigenvalue weighted by Gasteiger charge is -2.15. The second-order valence-corrected chi connectivity index (χ2v) is 6.97. The number of nitriles is 1. The third-order valence-electron chi connectivity index (χ3n) is 5.09. The molecule has 27 heavy (non-hydrogen) atoms. The third-order valence-corrected chi connectivity index (χ3v) is 5.09. The van der Waals surface area contributed by atoms with Gasteiger partial charge in [0.15, 0.2) is 0 Å². The molecule has 2 aromatic rings. The molecule has 0 bridgehead atoms. The van der Waals surface area contributed by atoms with E-state index in [1.165, 1.54) is 11.1 Å². The van der Waals surface area contributed by atoms with E-state index in [2.05, 4.69) is 11.1 Å². The zero-order valence-corrected chi connectivity index (χ0v) is 15.0. The number of ether oxygens (including phenoxy) is 1. The number of aromatic nitrogens is 1. The average molecular weight is 361 g/mol. The number of carbonyl (C=O) groups is 2. The fourth-order valence-electron chi connectivity index (χ4n) is 3.41. The van der Waals surface area contributed by atoms with E-state index in [-0.39, 0.29) is 24.2 Å². The fraction of sp³-hybridized carbons (Fsp3) is 0.333. The van der Waals surface area contributed by atoms with Crippen LogP contribution in [0.15, 0.2) is 36.5 Å². The van der Waals surface area contributed by atoms with Gasteiger partial charge in [-0.25, -0.2) is 9.88 Å². The first kappa shape index (κ1) is 17.2. The monoisotopic (exact) mass is 361 g/mol. The third kappa shape index (κ3) is 3.28. The first-order valence-electron chi connectivity index (χ1n) is 9.15. The van der Waals surface area contributed by atoms with Crippen LogP contribution in [0.3, 0.4) is 0 Å². The Morgan fingerprint density at radius 1 is 1.26 bits per heavy atom. The van der Waals surface area contributed by atoms with Gasteiger partial charge in [-0.05, 0) is 55.0 Å². The van der Waals surface area contributed by atoms with Crippen molar-refractivity contribution in [2.24, 2.45) is 5.92 Å².